The lowest BCUT2D eigenvalue weighted by molar-refractivity contribution is -0.141. The molecule has 3 amide bonds. The third kappa shape index (κ3) is 4.99. The van der Waals surface area contributed by atoms with Crippen LogP contribution in [0.5, 0.6) is 5.75 Å². The number of rotatable bonds is 5. The quantitative estimate of drug-likeness (QED) is 0.580. The maximum absolute atomic E-state index is 13.0. The number of imide groups is 1. The molecule has 206 valence electrons. The number of fused-ring (bicyclic) bond motifs is 1. The largest absolute Gasteiger partial charge is 0.489 e. The van der Waals surface area contributed by atoms with Gasteiger partial charge in [-0.25, -0.2) is 0 Å². The van der Waals surface area contributed by atoms with Gasteiger partial charge in [0.05, 0.1) is 0 Å². The van der Waals surface area contributed by atoms with E-state index in [4.69, 9.17) is 4.74 Å². The number of amides is 3. The van der Waals surface area contributed by atoms with Crippen molar-refractivity contribution in [1.29, 1.82) is 0 Å². The van der Waals surface area contributed by atoms with Crippen molar-refractivity contribution in [1.82, 2.24) is 20.1 Å². The molecule has 0 radical (unpaired) electrons. The van der Waals surface area contributed by atoms with Gasteiger partial charge in [-0.1, -0.05) is 12.5 Å². The summed E-state index contributed by atoms with van der Waals surface area (Å²) in [5.74, 6) is -0.151. The molecule has 1 aliphatic carbocycles. The van der Waals surface area contributed by atoms with Gasteiger partial charge in [0.2, 0.25) is 11.8 Å². The van der Waals surface area contributed by atoms with Gasteiger partial charge in [-0.2, -0.15) is 13.2 Å². The SMILES string of the molecule is O=C1CCC(N2Cc3cc(O[C@@H]4CCCC[C@@H]4N4CC(c5ccc(C(F)(F)F)nc5)C4)ccc3C2=O)C(=O)N1. The minimum Gasteiger partial charge on any atom is -0.489 e. The molecule has 1 aromatic carbocycles. The van der Waals surface area contributed by atoms with E-state index in [0.717, 1.165) is 56.0 Å². The van der Waals surface area contributed by atoms with E-state index in [1.807, 2.05) is 6.07 Å². The Morgan fingerprint density at radius 3 is 2.51 bits per heavy atom. The Morgan fingerprint density at radius 1 is 1.00 bits per heavy atom. The highest BCUT2D eigenvalue weighted by Crippen LogP contribution is 2.37. The van der Waals surface area contributed by atoms with E-state index in [2.05, 4.69) is 15.2 Å². The van der Waals surface area contributed by atoms with Gasteiger partial charge in [-0.05, 0) is 61.1 Å². The number of carbonyl (C=O) groups excluding carboxylic acids is 3. The molecule has 1 unspecified atom stereocenters. The molecular formula is C28H29F3N4O4. The molecule has 0 spiro atoms. The first-order valence-corrected chi connectivity index (χ1v) is 13.4. The summed E-state index contributed by atoms with van der Waals surface area (Å²) in [6.45, 7) is 1.79. The molecule has 4 heterocycles. The fourth-order valence-corrected chi connectivity index (χ4v) is 6.24. The molecule has 1 aromatic heterocycles. The summed E-state index contributed by atoms with van der Waals surface area (Å²) in [4.78, 5) is 44.3. The Labute approximate surface area is 223 Å². The Hall–Kier alpha value is -3.47. The first-order chi connectivity index (χ1) is 18.7. The first-order valence-electron chi connectivity index (χ1n) is 13.4. The average molecular weight is 543 g/mol. The summed E-state index contributed by atoms with van der Waals surface area (Å²) in [5.41, 5.74) is 1.28. The lowest BCUT2D eigenvalue weighted by atomic mass is 9.84. The zero-order valence-corrected chi connectivity index (χ0v) is 21.2. The molecule has 11 heteroatoms. The molecule has 2 saturated heterocycles. The van der Waals surface area contributed by atoms with E-state index >= 15 is 0 Å². The van der Waals surface area contributed by atoms with Crippen molar-refractivity contribution in [3.63, 3.8) is 0 Å². The van der Waals surface area contributed by atoms with Crippen LogP contribution in [0.2, 0.25) is 0 Å². The zero-order valence-electron chi connectivity index (χ0n) is 21.2. The molecule has 3 fully saturated rings. The number of nitrogens with zero attached hydrogens (tertiary/aromatic N) is 3. The van der Waals surface area contributed by atoms with E-state index in [0.29, 0.717) is 24.3 Å². The van der Waals surface area contributed by atoms with Crippen LogP contribution in [-0.4, -0.2) is 63.8 Å². The molecule has 3 aliphatic heterocycles. The van der Waals surface area contributed by atoms with E-state index in [1.54, 1.807) is 12.1 Å². The lowest BCUT2D eigenvalue weighted by Crippen LogP contribution is -2.57. The standard InChI is InChI=1S/C28H29F3N4O4/c29-28(30,31)24-9-5-16(12-32-24)18-13-34(14-18)21-3-1-2-4-23(21)39-19-6-7-20-17(11-19)15-35(27(20)38)22-8-10-25(36)33-26(22)37/h5-7,9,11-12,18,21-23H,1-4,8,10,13-15H2,(H,33,36,37)/t21-,22?,23+/m0/s1. The van der Waals surface area contributed by atoms with Gasteiger partial charge in [0, 0.05) is 49.8 Å². The topological polar surface area (TPSA) is 91.8 Å². The number of pyridine rings is 1. The Kier molecular flexibility index (Phi) is 6.57. The number of hydrogen-bond acceptors (Lipinski definition) is 6. The number of aromatic nitrogens is 1. The molecule has 4 aliphatic rings. The number of nitrogens with one attached hydrogen (secondary N) is 1. The number of benzene rings is 1. The summed E-state index contributed by atoms with van der Waals surface area (Å²) in [6, 6.07) is 7.52. The number of piperidine rings is 1. The van der Waals surface area contributed by atoms with Crippen molar-refractivity contribution in [2.45, 2.75) is 75.4 Å². The van der Waals surface area contributed by atoms with Crippen LogP contribution < -0.4 is 10.1 Å². The van der Waals surface area contributed by atoms with Crippen LogP contribution in [0.4, 0.5) is 13.2 Å². The fourth-order valence-electron chi connectivity index (χ4n) is 6.24. The average Bonchev–Trinajstić information content (AvgIpc) is 3.19. The normalized spacial score (nSPS) is 26.3. The predicted octanol–water partition coefficient (Wildman–Crippen LogP) is 3.65. The van der Waals surface area contributed by atoms with Crippen molar-refractivity contribution < 1.29 is 32.3 Å². The second kappa shape index (κ2) is 9.93. The highest BCUT2D eigenvalue weighted by atomic mass is 19.4. The van der Waals surface area contributed by atoms with Gasteiger partial charge < -0.3 is 9.64 Å². The minimum absolute atomic E-state index is 0.0353. The lowest BCUT2D eigenvalue weighted by Gasteiger charge is -2.48. The fraction of sp³-hybridized carbons (Fsp3) is 0.500. The number of carbonyl (C=O) groups is 3. The van der Waals surface area contributed by atoms with Gasteiger partial charge in [0.25, 0.3) is 5.91 Å². The highest BCUT2D eigenvalue weighted by Gasteiger charge is 2.41. The first kappa shape index (κ1) is 25.8. The third-order valence-corrected chi connectivity index (χ3v) is 8.38. The molecule has 6 rings (SSSR count). The summed E-state index contributed by atoms with van der Waals surface area (Å²) in [7, 11) is 0. The van der Waals surface area contributed by atoms with Crippen molar-refractivity contribution in [2.75, 3.05) is 13.1 Å². The van der Waals surface area contributed by atoms with Gasteiger partial charge in [0.1, 0.15) is 23.6 Å². The number of halogens is 3. The van der Waals surface area contributed by atoms with Crippen molar-refractivity contribution in [2.24, 2.45) is 0 Å². The molecule has 39 heavy (non-hydrogen) atoms. The maximum Gasteiger partial charge on any atom is 0.433 e. The molecule has 2 aromatic rings. The van der Waals surface area contributed by atoms with E-state index in [1.165, 1.54) is 17.2 Å². The minimum atomic E-state index is -4.44. The van der Waals surface area contributed by atoms with Crippen LogP contribution in [0, 0.1) is 0 Å². The third-order valence-electron chi connectivity index (χ3n) is 8.38. The van der Waals surface area contributed by atoms with Crippen LogP contribution in [0.1, 0.15) is 71.6 Å². The Bertz CT molecular complexity index is 1290. The second-order valence-electron chi connectivity index (χ2n) is 10.9. The molecule has 8 nitrogen and oxygen atoms in total. The van der Waals surface area contributed by atoms with Gasteiger partial charge in [-0.3, -0.25) is 29.6 Å². The van der Waals surface area contributed by atoms with E-state index in [-0.39, 0.29) is 36.3 Å². The summed E-state index contributed by atoms with van der Waals surface area (Å²) in [5, 5.41) is 2.32. The zero-order chi connectivity index (χ0) is 27.3. The highest BCUT2D eigenvalue weighted by molar-refractivity contribution is 6.05. The summed E-state index contributed by atoms with van der Waals surface area (Å²) in [6.07, 6.45) is 1.40. The van der Waals surface area contributed by atoms with Crippen LogP contribution in [-0.2, 0) is 22.3 Å². The van der Waals surface area contributed by atoms with Gasteiger partial charge >= 0.3 is 6.18 Å². The molecule has 1 N–H and O–H groups in total. The summed E-state index contributed by atoms with van der Waals surface area (Å²) >= 11 is 0. The Balaban J connectivity index is 1.09. The van der Waals surface area contributed by atoms with Crippen LogP contribution in [0.15, 0.2) is 36.5 Å². The molecular weight excluding hydrogens is 513 g/mol. The monoisotopic (exact) mass is 542 g/mol. The van der Waals surface area contributed by atoms with Crippen molar-refractivity contribution >= 4 is 17.7 Å². The van der Waals surface area contributed by atoms with E-state index < -0.39 is 23.8 Å². The number of likely N-dealkylation sites (tertiary alicyclic amines) is 1. The van der Waals surface area contributed by atoms with Crippen LogP contribution in [0.3, 0.4) is 0 Å². The van der Waals surface area contributed by atoms with Crippen molar-refractivity contribution in [3.8, 4) is 5.75 Å². The van der Waals surface area contributed by atoms with E-state index in [9.17, 15) is 27.6 Å². The maximum atomic E-state index is 13.0. The van der Waals surface area contributed by atoms with Crippen LogP contribution >= 0.6 is 0 Å². The summed E-state index contributed by atoms with van der Waals surface area (Å²) < 4.78 is 45.0. The second-order valence-corrected chi connectivity index (χ2v) is 10.9. The number of ether oxygens (including phenoxy) is 1. The molecule has 1 saturated carbocycles. The number of hydrogen-bond donors (Lipinski definition) is 1. The predicted molar refractivity (Wildman–Crippen MR) is 133 cm³/mol. The smallest absolute Gasteiger partial charge is 0.433 e. The van der Waals surface area contributed by atoms with Crippen molar-refractivity contribution in [3.05, 3.63) is 58.9 Å². The van der Waals surface area contributed by atoms with Gasteiger partial charge in [0.15, 0.2) is 0 Å². The molecule has 3 atom stereocenters. The molecule has 0 bridgehead atoms. The van der Waals surface area contributed by atoms with Gasteiger partial charge in [-0.15, -0.1) is 0 Å². The Morgan fingerprint density at radius 2 is 1.79 bits per heavy atom. The van der Waals surface area contributed by atoms with Crippen LogP contribution in [0.25, 0.3) is 0 Å². The number of alkyl halides is 3.